The van der Waals surface area contributed by atoms with Crippen molar-refractivity contribution in [3.05, 3.63) is 0 Å². The number of amides is 1. The van der Waals surface area contributed by atoms with Gasteiger partial charge in [-0.2, -0.15) is 0 Å². The zero-order valence-electron chi connectivity index (χ0n) is 18.2. The minimum Gasteiger partial charge on any atom is -0.442 e. The molecule has 1 amide bonds. The molecule has 0 aromatic carbocycles. The second-order valence-electron chi connectivity index (χ2n) is 10.1. The molecule has 7 heteroatoms. The maximum Gasteiger partial charge on any atom is 0.421 e. The molecule has 2 aliphatic rings. The highest BCUT2D eigenvalue weighted by Crippen LogP contribution is 2.64. The molecule has 2 fully saturated rings. The van der Waals surface area contributed by atoms with Gasteiger partial charge in [0.1, 0.15) is 6.10 Å². The predicted octanol–water partition coefficient (Wildman–Crippen LogP) is 2.33. The lowest BCUT2D eigenvalue weighted by Gasteiger charge is -2.67. The van der Waals surface area contributed by atoms with Gasteiger partial charge in [0.25, 0.3) is 0 Å². The molecule has 164 valence electrons. The molecular weight excluding hydrogens is 360 g/mol. The number of ether oxygens (including phenoxy) is 1. The van der Waals surface area contributed by atoms with Crippen LogP contribution in [-0.4, -0.2) is 45.3 Å². The van der Waals surface area contributed by atoms with Crippen molar-refractivity contribution < 1.29 is 24.9 Å². The summed E-state index contributed by atoms with van der Waals surface area (Å²) >= 11 is 0. The number of hydrogen-bond acceptors (Lipinski definition) is 6. The summed E-state index contributed by atoms with van der Waals surface area (Å²) in [6.07, 6.45) is 0.0626. The quantitative estimate of drug-likeness (QED) is 0.274. The fourth-order valence-corrected chi connectivity index (χ4v) is 6.04. The summed E-state index contributed by atoms with van der Waals surface area (Å²) in [5.74, 6) is 4.65. The molecule has 0 unspecified atom stereocenters. The first kappa shape index (κ1) is 23.4. The Kier molecular flexibility index (Phi) is 6.76. The lowest BCUT2D eigenvalue weighted by molar-refractivity contribution is -0.304. The van der Waals surface area contributed by atoms with Crippen molar-refractivity contribution in [2.75, 3.05) is 0 Å². The lowest BCUT2D eigenvalue weighted by atomic mass is 9.41. The highest BCUT2D eigenvalue weighted by Gasteiger charge is 2.70. The zero-order chi connectivity index (χ0) is 21.5. The number of aliphatic hydroxyl groups is 3. The van der Waals surface area contributed by atoms with Crippen LogP contribution in [-0.2, 0) is 4.74 Å². The fraction of sp³-hybridized carbons (Fsp3) is 0.952. The van der Waals surface area contributed by atoms with E-state index in [2.05, 4.69) is 27.7 Å². The van der Waals surface area contributed by atoms with E-state index in [-0.39, 0.29) is 5.41 Å². The van der Waals surface area contributed by atoms with Gasteiger partial charge < -0.3 is 20.1 Å². The van der Waals surface area contributed by atoms with Crippen LogP contribution in [0.1, 0.15) is 73.6 Å². The second-order valence-corrected chi connectivity index (χ2v) is 10.1. The van der Waals surface area contributed by atoms with Gasteiger partial charge in [0.05, 0.1) is 17.8 Å². The highest BCUT2D eigenvalue weighted by molar-refractivity contribution is 5.66. The fourth-order valence-electron chi connectivity index (χ4n) is 6.04. The Labute approximate surface area is 169 Å². The molecule has 0 bridgehead atoms. The van der Waals surface area contributed by atoms with Gasteiger partial charge in [-0.25, -0.2) is 10.6 Å². The summed E-state index contributed by atoms with van der Waals surface area (Å²) < 4.78 is 5.53. The topological polar surface area (TPSA) is 125 Å². The van der Waals surface area contributed by atoms with Crippen molar-refractivity contribution in [2.24, 2.45) is 34.4 Å². The van der Waals surface area contributed by atoms with Gasteiger partial charge in [-0.3, -0.25) is 5.43 Å². The molecule has 0 saturated heterocycles. The third-order valence-electron chi connectivity index (χ3n) is 8.18. The molecule has 0 spiro atoms. The molecular formula is C21H40N2O5. The summed E-state index contributed by atoms with van der Waals surface area (Å²) in [5, 5.41) is 34.3. The molecule has 28 heavy (non-hydrogen) atoms. The summed E-state index contributed by atoms with van der Waals surface area (Å²) in [4.78, 5) is 11.9. The number of nitrogens with two attached hydrogens (primary N) is 1. The van der Waals surface area contributed by atoms with Gasteiger partial charge in [0.2, 0.25) is 0 Å². The molecule has 0 aliphatic heterocycles. The van der Waals surface area contributed by atoms with Crippen LogP contribution >= 0.6 is 0 Å². The smallest absolute Gasteiger partial charge is 0.421 e. The molecule has 2 aliphatic carbocycles. The van der Waals surface area contributed by atoms with E-state index >= 15 is 0 Å². The minimum absolute atomic E-state index is 0.348. The van der Waals surface area contributed by atoms with Crippen molar-refractivity contribution >= 4 is 6.09 Å². The summed E-state index contributed by atoms with van der Waals surface area (Å²) in [6, 6.07) is 0. The van der Waals surface area contributed by atoms with E-state index in [0.717, 1.165) is 12.8 Å². The van der Waals surface area contributed by atoms with Gasteiger partial charge >= 0.3 is 6.09 Å². The number of carbonyl (C=O) groups is 1. The Morgan fingerprint density at radius 3 is 2.46 bits per heavy atom. The van der Waals surface area contributed by atoms with Crippen LogP contribution in [0.25, 0.3) is 0 Å². The predicted molar refractivity (Wildman–Crippen MR) is 107 cm³/mol. The number of aliphatic hydroxyl groups excluding tert-OH is 2. The maximum absolute atomic E-state index is 12.0. The van der Waals surface area contributed by atoms with Crippen LogP contribution in [0, 0.1) is 28.6 Å². The van der Waals surface area contributed by atoms with Gasteiger partial charge in [-0.05, 0) is 37.0 Å². The van der Waals surface area contributed by atoms with Gasteiger partial charge in [0, 0.05) is 17.3 Å². The molecule has 0 aromatic heterocycles. The van der Waals surface area contributed by atoms with E-state index in [1.807, 2.05) is 12.3 Å². The number of fused-ring (bicyclic) bond motifs is 1. The largest absolute Gasteiger partial charge is 0.442 e. The molecule has 6 N–H and O–H groups in total. The van der Waals surface area contributed by atoms with Crippen LogP contribution in [0.4, 0.5) is 4.79 Å². The molecule has 7 nitrogen and oxygen atoms in total. The van der Waals surface area contributed by atoms with E-state index in [1.54, 1.807) is 6.92 Å². The molecule has 2 rings (SSSR count). The van der Waals surface area contributed by atoms with E-state index < -0.39 is 47.3 Å². The van der Waals surface area contributed by atoms with Crippen molar-refractivity contribution in [3.63, 3.8) is 0 Å². The SMILES string of the molecule is CC[C@@H](C)CC[C@@]1(O)[C@@H](C)[C@@H](O)[C@@H](OC(=O)NN)[C@H]2C(C)(C)CC[C@H](O)[C@@]21C. The van der Waals surface area contributed by atoms with E-state index in [1.165, 1.54) is 0 Å². The molecule has 0 aromatic rings. The van der Waals surface area contributed by atoms with E-state index in [9.17, 15) is 20.1 Å². The molecule has 2 saturated carbocycles. The first-order chi connectivity index (χ1) is 12.9. The average Bonchev–Trinajstić information content (AvgIpc) is 2.65. The van der Waals surface area contributed by atoms with E-state index in [0.29, 0.717) is 25.2 Å². The normalized spacial score (nSPS) is 43.7. The summed E-state index contributed by atoms with van der Waals surface area (Å²) in [6.45, 7) is 12.1. The number of rotatable bonds is 5. The van der Waals surface area contributed by atoms with Gasteiger partial charge in [0.15, 0.2) is 0 Å². The van der Waals surface area contributed by atoms with Crippen LogP contribution in [0.3, 0.4) is 0 Å². The molecule has 0 radical (unpaired) electrons. The van der Waals surface area contributed by atoms with Crippen molar-refractivity contribution in [1.29, 1.82) is 0 Å². The first-order valence-corrected chi connectivity index (χ1v) is 10.6. The standard InChI is InChI=1S/C21H40N2O5/c1-7-12(2)8-11-21(27)13(3)15(25)16(28-18(26)23-22)17-19(4,5)10-9-14(24)20(17,21)6/h12-17,24-25,27H,7-11,22H2,1-6H3,(H,23,26)/t12-,13+,14+,15-,16-,17+,20+,21-/m1/s1. The van der Waals surface area contributed by atoms with Crippen LogP contribution in [0.5, 0.6) is 0 Å². The monoisotopic (exact) mass is 400 g/mol. The average molecular weight is 401 g/mol. The van der Waals surface area contributed by atoms with Crippen LogP contribution in [0.15, 0.2) is 0 Å². The van der Waals surface area contributed by atoms with E-state index in [4.69, 9.17) is 10.6 Å². The molecule has 8 atom stereocenters. The van der Waals surface area contributed by atoms with Crippen molar-refractivity contribution in [2.45, 2.75) is 97.6 Å². The number of hydrazine groups is 1. The Bertz CT molecular complexity index is 571. The van der Waals surface area contributed by atoms with Crippen molar-refractivity contribution in [3.8, 4) is 0 Å². The summed E-state index contributed by atoms with van der Waals surface area (Å²) in [5.41, 5.74) is -0.594. The van der Waals surface area contributed by atoms with Crippen molar-refractivity contribution in [1.82, 2.24) is 5.43 Å². The third-order valence-corrected chi connectivity index (χ3v) is 8.18. The van der Waals surface area contributed by atoms with Crippen LogP contribution < -0.4 is 11.3 Å². The Balaban J connectivity index is 2.56. The van der Waals surface area contributed by atoms with Gasteiger partial charge in [-0.1, -0.05) is 48.0 Å². The molecule has 0 heterocycles. The summed E-state index contributed by atoms with van der Waals surface area (Å²) in [7, 11) is 0. The highest BCUT2D eigenvalue weighted by atomic mass is 16.6. The lowest BCUT2D eigenvalue weighted by Crippen LogP contribution is -2.75. The first-order valence-electron chi connectivity index (χ1n) is 10.6. The number of carbonyl (C=O) groups excluding carboxylic acids is 1. The Morgan fingerprint density at radius 1 is 1.32 bits per heavy atom. The number of hydrogen-bond donors (Lipinski definition) is 5. The maximum atomic E-state index is 12.0. The third kappa shape index (κ3) is 3.55. The minimum atomic E-state index is -1.28. The second kappa shape index (κ2) is 8.09. The zero-order valence-corrected chi connectivity index (χ0v) is 18.2. The Morgan fingerprint density at radius 2 is 1.93 bits per heavy atom. The van der Waals surface area contributed by atoms with Crippen LogP contribution in [0.2, 0.25) is 0 Å². The van der Waals surface area contributed by atoms with Gasteiger partial charge in [-0.15, -0.1) is 0 Å². The number of nitrogens with one attached hydrogen (secondary N) is 1. The Hall–Kier alpha value is -0.890.